The molecular formula is C18H26N2O4. The molecule has 0 radical (unpaired) electrons. The Morgan fingerprint density at radius 2 is 2.00 bits per heavy atom. The number of Topliss-reactive ketones (excluding diaryl/α,β-unsaturated/α-hetero) is 1. The summed E-state index contributed by atoms with van der Waals surface area (Å²) >= 11 is 0. The van der Waals surface area contributed by atoms with Crippen LogP contribution in [0, 0.1) is 0 Å². The zero-order valence-electron chi connectivity index (χ0n) is 14.8. The molecule has 0 saturated carbocycles. The van der Waals surface area contributed by atoms with Crippen molar-refractivity contribution in [2.24, 2.45) is 0 Å². The van der Waals surface area contributed by atoms with Crippen LogP contribution in [0.4, 0.5) is 4.79 Å². The van der Waals surface area contributed by atoms with Crippen molar-refractivity contribution in [1.29, 1.82) is 0 Å². The maximum Gasteiger partial charge on any atom is 0.407 e. The Morgan fingerprint density at radius 1 is 1.29 bits per heavy atom. The topological polar surface area (TPSA) is 67.9 Å². The van der Waals surface area contributed by atoms with Gasteiger partial charge in [-0.3, -0.25) is 9.69 Å². The Morgan fingerprint density at radius 3 is 2.67 bits per heavy atom. The quantitative estimate of drug-likeness (QED) is 0.838. The zero-order valence-corrected chi connectivity index (χ0v) is 14.8. The van der Waals surface area contributed by atoms with E-state index in [1.807, 2.05) is 37.8 Å². The average Bonchev–Trinajstić information content (AvgIpc) is 2.92. The van der Waals surface area contributed by atoms with E-state index in [1.165, 1.54) is 0 Å². The molecule has 0 aliphatic carbocycles. The fourth-order valence-corrected chi connectivity index (χ4v) is 2.73. The van der Waals surface area contributed by atoms with E-state index in [0.717, 1.165) is 13.0 Å². The van der Waals surface area contributed by atoms with Gasteiger partial charge in [-0.2, -0.15) is 0 Å². The maximum atomic E-state index is 12.5. The zero-order chi connectivity index (χ0) is 17.7. The number of ether oxygens (including phenoxy) is 2. The lowest BCUT2D eigenvalue weighted by molar-refractivity contribution is 0.0506. The van der Waals surface area contributed by atoms with Crippen molar-refractivity contribution in [1.82, 2.24) is 10.2 Å². The number of likely N-dealkylation sites (tertiary alicyclic amines) is 1. The molecule has 1 N–H and O–H groups in total. The van der Waals surface area contributed by atoms with Gasteiger partial charge in [0.15, 0.2) is 5.78 Å². The van der Waals surface area contributed by atoms with Crippen molar-refractivity contribution in [3.8, 4) is 5.75 Å². The molecule has 1 amide bonds. The summed E-state index contributed by atoms with van der Waals surface area (Å²) in [5.41, 5.74) is 0.0749. The smallest absolute Gasteiger partial charge is 0.407 e. The Hall–Kier alpha value is -2.08. The number of ketones is 1. The molecule has 2 rings (SSSR count). The third-order valence-corrected chi connectivity index (χ3v) is 3.77. The minimum Gasteiger partial charge on any atom is -0.496 e. The minimum absolute atomic E-state index is 0.00492. The van der Waals surface area contributed by atoms with Crippen molar-refractivity contribution >= 4 is 11.9 Å². The number of alkyl carbamates (subject to hydrolysis) is 1. The molecular weight excluding hydrogens is 308 g/mol. The highest BCUT2D eigenvalue weighted by atomic mass is 16.6. The second-order valence-corrected chi connectivity index (χ2v) is 6.99. The van der Waals surface area contributed by atoms with Crippen LogP contribution in [-0.2, 0) is 4.74 Å². The monoisotopic (exact) mass is 334 g/mol. The normalized spacial score (nSPS) is 18.2. The second kappa shape index (κ2) is 7.66. The van der Waals surface area contributed by atoms with Gasteiger partial charge in [-0.1, -0.05) is 12.1 Å². The van der Waals surface area contributed by atoms with Crippen LogP contribution in [0.3, 0.4) is 0 Å². The molecule has 1 saturated heterocycles. The van der Waals surface area contributed by atoms with E-state index in [0.29, 0.717) is 24.4 Å². The average molecular weight is 334 g/mol. The molecule has 1 unspecified atom stereocenters. The predicted molar refractivity (Wildman–Crippen MR) is 91.5 cm³/mol. The molecule has 1 heterocycles. The first-order chi connectivity index (χ1) is 11.3. The van der Waals surface area contributed by atoms with Crippen molar-refractivity contribution in [2.75, 3.05) is 26.7 Å². The molecule has 6 nitrogen and oxygen atoms in total. The van der Waals surface area contributed by atoms with Gasteiger partial charge in [0, 0.05) is 19.1 Å². The molecule has 0 spiro atoms. The number of rotatable bonds is 5. The lowest BCUT2D eigenvalue weighted by atomic mass is 10.1. The summed E-state index contributed by atoms with van der Waals surface area (Å²) in [4.78, 5) is 26.3. The Kier molecular flexibility index (Phi) is 5.83. The van der Waals surface area contributed by atoms with Crippen LogP contribution in [0.25, 0.3) is 0 Å². The number of methoxy groups -OCH3 is 1. The van der Waals surface area contributed by atoms with Crippen LogP contribution in [0.2, 0.25) is 0 Å². The molecule has 0 bridgehead atoms. The molecule has 0 aromatic heterocycles. The van der Waals surface area contributed by atoms with Gasteiger partial charge in [0.25, 0.3) is 0 Å². The largest absolute Gasteiger partial charge is 0.496 e. The molecule has 24 heavy (non-hydrogen) atoms. The summed E-state index contributed by atoms with van der Waals surface area (Å²) in [5, 5.41) is 2.86. The van der Waals surface area contributed by atoms with E-state index in [9.17, 15) is 9.59 Å². The lowest BCUT2D eigenvalue weighted by Crippen LogP contribution is -2.41. The Balaban J connectivity index is 1.85. The number of hydrogen-bond donors (Lipinski definition) is 1. The van der Waals surface area contributed by atoms with E-state index >= 15 is 0 Å². The van der Waals surface area contributed by atoms with Crippen LogP contribution in [0.5, 0.6) is 5.75 Å². The Bertz CT molecular complexity index is 595. The summed E-state index contributed by atoms with van der Waals surface area (Å²) in [6.07, 6.45) is 0.392. The van der Waals surface area contributed by atoms with E-state index in [1.54, 1.807) is 19.2 Å². The third kappa shape index (κ3) is 5.23. The molecule has 1 fully saturated rings. The van der Waals surface area contributed by atoms with Crippen LogP contribution in [0.1, 0.15) is 37.6 Å². The highest BCUT2D eigenvalue weighted by molar-refractivity contribution is 6.00. The van der Waals surface area contributed by atoms with E-state index in [2.05, 4.69) is 5.32 Å². The first kappa shape index (κ1) is 18.3. The van der Waals surface area contributed by atoms with Crippen molar-refractivity contribution in [3.05, 3.63) is 29.8 Å². The lowest BCUT2D eigenvalue weighted by Gasteiger charge is -2.22. The number of para-hydroxylation sites is 1. The first-order valence-corrected chi connectivity index (χ1v) is 8.16. The number of nitrogens with zero attached hydrogens (tertiary/aromatic N) is 1. The van der Waals surface area contributed by atoms with Gasteiger partial charge in [-0.15, -0.1) is 0 Å². The summed E-state index contributed by atoms with van der Waals surface area (Å²) in [7, 11) is 1.56. The highest BCUT2D eigenvalue weighted by Gasteiger charge is 2.27. The number of hydrogen-bond acceptors (Lipinski definition) is 5. The summed E-state index contributed by atoms with van der Waals surface area (Å²) in [6, 6.07) is 7.22. The minimum atomic E-state index is -0.512. The van der Waals surface area contributed by atoms with Gasteiger partial charge in [0.05, 0.1) is 19.2 Å². The van der Waals surface area contributed by atoms with Gasteiger partial charge >= 0.3 is 6.09 Å². The summed E-state index contributed by atoms with van der Waals surface area (Å²) in [6.45, 7) is 7.21. The fourth-order valence-electron chi connectivity index (χ4n) is 2.73. The van der Waals surface area contributed by atoms with Crippen LogP contribution < -0.4 is 10.1 Å². The van der Waals surface area contributed by atoms with Crippen LogP contribution in [0.15, 0.2) is 24.3 Å². The number of benzene rings is 1. The maximum absolute atomic E-state index is 12.5. The van der Waals surface area contributed by atoms with Crippen molar-refractivity contribution in [3.63, 3.8) is 0 Å². The SMILES string of the molecule is COc1ccccc1C(=O)CN1CCC(NC(=O)OC(C)(C)C)C1. The van der Waals surface area contributed by atoms with Crippen LogP contribution in [-0.4, -0.2) is 55.2 Å². The summed E-state index contributed by atoms with van der Waals surface area (Å²) in [5.74, 6) is 0.607. The summed E-state index contributed by atoms with van der Waals surface area (Å²) < 4.78 is 10.5. The standard InChI is InChI=1S/C18H26N2O4/c1-18(2,3)24-17(22)19-13-9-10-20(11-13)12-15(21)14-7-5-6-8-16(14)23-4/h5-8,13H,9-12H2,1-4H3,(H,19,22). The number of nitrogens with one attached hydrogen (secondary N) is 1. The van der Waals surface area contributed by atoms with Crippen LogP contribution >= 0.6 is 0 Å². The van der Waals surface area contributed by atoms with Gasteiger partial charge in [-0.25, -0.2) is 4.79 Å². The molecule has 1 aliphatic heterocycles. The van der Waals surface area contributed by atoms with Crippen molar-refractivity contribution < 1.29 is 19.1 Å². The van der Waals surface area contributed by atoms with Gasteiger partial charge in [-0.05, 0) is 39.3 Å². The molecule has 1 aromatic carbocycles. The third-order valence-electron chi connectivity index (χ3n) is 3.77. The molecule has 132 valence electrons. The predicted octanol–water partition coefficient (Wildman–Crippen LogP) is 2.48. The van der Waals surface area contributed by atoms with Crippen molar-refractivity contribution in [2.45, 2.75) is 38.8 Å². The molecule has 1 aromatic rings. The molecule has 1 aliphatic rings. The first-order valence-electron chi connectivity index (χ1n) is 8.16. The fraction of sp³-hybridized carbons (Fsp3) is 0.556. The Labute approximate surface area is 143 Å². The highest BCUT2D eigenvalue weighted by Crippen LogP contribution is 2.19. The van der Waals surface area contributed by atoms with Gasteiger partial charge in [0.1, 0.15) is 11.4 Å². The number of amides is 1. The second-order valence-electron chi connectivity index (χ2n) is 6.99. The van der Waals surface area contributed by atoms with E-state index in [-0.39, 0.29) is 11.8 Å². The van der Waals surface area contributed by atoms with E-state index in [4.69, 9.17) is 9.47 Å². The number of carbonyl (C=O) groups is 2. The van der Waals surface area contributed by atoms with Gasteiger partial charge < -0.3 is 14.8 Å². The van der Waals surface area contributed by atoms with Gasteiger partial charge in [0.2, 0.25) is 0 Å². The molecule has 1 atom stereocenters. The molecule has 6 heteroatoms. The number of carbonyl (C=O) groups excluding carboxylic acids is 2. The van der Waals surface area contributed by atoms with E-state index < -0.39 is 11.7 Å².